The van der Waals surface area contributed by atoms with Crippen molar-refractivity contribution in [2.24, 2.45) is 5.92 Å². The molecule has 4 rings (SSSR count). The molecule has 0 unspecified atom stereocenters. The largest absolute Gasteiger partial charge is 0.297 e. The van der Waals surface area contributed by atoms with Crippen LogP contribution in [-0.4, -0.2) is 37.4 Å². The van der Waals surface area contributed by atoms with Gasteiger partial charge in [0.15, 0.2) is 0 Å². The summed E-state index contributed by atoms with van der Waals surface area (Å²) < 4.78 is 4.11. The van der Waals surface area contributed by atoms with E-state index < -0.39 is 0 Å². The van der Waals surface area contributed by atoms with Crippen molar-refractivity contribution in [2.75, 3.05) is 13.1 Å². The molecule has 0 saturated carbocycles. The van der Waals surface area contributed by atoms with Gasteiger partial charge in [0.25, 0.3) is 0 Å². The first-order valence-electron chi connectivity index (χ1n) is 8.00. The Balaban J connectivity index is 1.37. The van der Waals surface area contributed by atoms with Gasteiger partial charge in [0, 0.05) is 31.7 Å². The van der Waals surface area contributed by atoms with Crippen molar-refractivity contribution in [2.45, 2.75) is 25.9 Å². The fourth-order valence-corrected chi connectivity index (χ4v) is 3.36. The van der Waals surface area contributed by atoms with E-state index in [9.17, 15) is 0 Å². The monoisotopic (exact) mass is 295 g/mol. The molecule has 0 spiro atoms. The van der Waals surface area contributed by atoms with Crippen LogP contribution in [0.25, 0.3) is 5.52 Å². The maximum Gasteiger partial charge on any atom is 0.0665 e. The fourth-order valence-electron chi connectivity index (χ4n) is 3.36. The molecule has 0 amide bonds. The first-order chi connectivity index (χ1) is 10.9. The molecule has 0 bridgehead atoms. The summed E-state index contributed by atoms with van der Waals surface area (Å²) >= 11 is 0. The van der Waals surface area contributed by atoms with E-state index in [1.165, 1.54) is 24.1 Å². The van der Waals surface area contributed by atoms with Gasteiger partial charge in [0.1, 0.15) is 0 Å². The van der Waals surface area contributed by atoms with Gasteiger partial charge in [-0.3, -0.25) is 9.58 Å². The predicted molar refractivity (Wildman–Crippen MR) is 85.4 cm³/mol. The summed E-state index contributed by atoms with van der Waals surface area (Å²) in [5.41, 5.74) is 2.44. The Labute approximate surface area is 130 Å². The average Bonchev–Trinajstić information content (AvgIpc) is 3.21. The number of hydrogen-bond acceptors (Lipinski definition) is 3. The van der Waals surface area contributed by atoms with Crippen LogP contribution in [-0.2, 0) is 13.1 Å². The highest BCUT2D eigenvalue weighted by atomic mass is 15.3. The molecule has 4 heterocycles. The quantitative estimate of drug-likeness (QED) is 0.742. The third kappa shape index (κ3) is 2.76. The van der Waals surface area contributed by atoms with Gasteiger partial charge in [0.05, 0.1) is 11.2 Å². The molecule has 3 aromatic rings. The van der Waals surface area contributed by atoms with Crippen molar-refractivity contribution in [3.05, 3.63) is 54.6 Å². The van der Waals surface area contributed by atoms with E-state index in [-0.39, 0.29) is 0 Å². The lowest BCUT2D eigenvalue weighted by molar-refractivity contribution is 0.162. The Bertz CT molecular complexity index is 722. The van der Waals surface area contributed by atoms with E-state index in [0.29, 0.717) is 0 Å². The predicted octanol–water partition coefficient (Wildman–Crippen LogP) is 2.44. The second kappa shape index (κ2) is 5.93. The van der Waals surface area contributed by atoms with Gasteiger partial charge in [-0.15, -0.1) is 0 Å². The Hall–Kier alpha value is -2.14. The minimum Gasteiger partial charge on any atom is -0.297 e. The van der Waals surface area contributed by atoms with Crippen LogP contribution in [0.1, 0.15) is 18.5 Å². The van der Waals surface area contributed by atoms with Crippen molar-refractivity contribution in [1.29, 1.82) is 0 Å². The van der Waals surface area contributed by atoms with E-state index in [1.807, 2.05) is 18.5 Å². The number of nitrogens with zero attached hydrogens (tertiary/aromatic N) is 5. The number of likely N-dealkylation sites (tertiary alicyclic amines) is 1. The molecule has 0 N–H and O–H groups in total. The van der Waals surface area contributed by atoms with E-state index in [4.69, 9.17) is 0 Å². The molecule has 0 atom stereocenters. The van der Waals surface area contributed by atoms with Crippen LogP contribution in [0, 0.1) is 5.92 Å². The fraction of sp³-hybridized carbons (Fsp3) is 0.412. The van der Waals surface area contributed by atoms with E-state index in [0.717, 1.165) is 32.1 Å². The number of aromatic nitrogens is 4. The second-order valence-electron chi connectivity index (χ2n) is 6.13. The summed E-state index contributed by atoms with van der Waals surface area (Å²) in [4.78, 5) is 2.54. The van der Waals surface area contributed by atoms with Crippen LogP contribution in [0.2, 0.25) is 0 Å². The summed E-state index contributed by atoms with van der Waals surface area (Å²) in [6, 6.07) is 10.5. The molecular formula is C17H21N5. The topological polar surface area (TPSA) is 38.4 Å². The molecular weight excluding hydrogens is 274 g/mol. The maximum absolute atomic E-state index is 4.43. The minimum atomic E-state index is 0.747. The zero-order valence-electron chi connectivity index (χ0n) is 12.7. The van der Waals surface area contributed by atoms with Crippen molar-refractivity contribution in [3.8, 4) is 0 Å². The number of pyridine rings is 1. The van der Waals surface area contributed by atoms with Crippen LogP contribution in [0.15, 0.2) is 48.9 Å². The summed E-state index contributed by atoms with van der Waals surface area (Å²) in [5.74, 6) is 0.747. The highest BCUT2D eigenvalue weighted by molar-refractivity contribution is 5.46. The van der Waals surface area contributed by atoms with Crippen LogP contribution < -0.4 is 0 Å². The first kappa shape index (κ1) is 13.5. The lowest BCUT2D eigenvalue weighted by Gasteiger charge is -2.31. The second-order valence-corrected chi connectivity index (χ2v) is 6.13. The summed E-state index contributed by atoms with van der Waals surface area (Å²) in [6.07, 6.45) is 8.28. The zero-order chi connectivity index (χ0) is 14.8. The Morgan fingerprint density at radius 1 is 1.00 bits per heavy atom. The molecule has 3 aromatic heterocycles. The average molecular weight is 295 g/mol. The van der Waals surface area contributed by atoms with Gasteiger partial charge in [-0.1, -0.05) is 6.07 Å². The van der Waals surface area contributed by atoms with Gasteiger partial charge in [-0.25, -0.2) is 4.52 Å². The van der Waals surface area contributed by atoms with Crippen LogP contribution in [0.5, 0.6) is 0 Å². The van der Waals surface area contributed by atoms with Crippen LogP contribution in [0.3, 0.4) is 0 Å². The van der Waals surface area contributed by atoms with Gasteiger partial charge in [0.2, 0.25) is 0 Å². The summed E-state index contributed by atoms with van der Waals surface area (Å²) in [6.45, 7) is 4.34. The van der Waals surface area contributed by atoms with Crippen molar-refractivity contribution < 1.29 is 0 Å². The summed E-state index contributed by atoms with van der Waals surface area (Å²) in [7, 11) is 0. The highest BCUT2D eigenvalue weighted by Crippen LogP contribution is 2.20. The third-order valence-electron chi connectivity index (χ3n) is 4.60. The van der Waals surface area contributed by atoms with Crippen molar-refractivity contribution in [3.63, 3.8) is 0 Å². The van der Waals surface area contributed by atoms with Crippen molar-refractivity contribution in [1.82, 2.24) is 24.3 Å². The molecule has 0 radical (unpaired) electrons. The molecule has 114 valence electrons. The van der Waals surface area contributed by atoms with Gasteiger partial charge < -0.3 is 0 Å². The molecule has 1 aliphatic heterocycles. The molecule has 0 aromatic carbocycles. The van der Waals surface area contributed by atoms with E-state index in [1.54, 1.807) is 0 Å². The molecule has 5 heteroatoms. The maximum atomic E-state index is 4.43. The normalized spacial score (nSPS) is 17.3. The van der Waals surface area contributed by atoms with Gasteiger partial charge in [-0.2, -0.15) is 10.2 Å². The van der Waals surface area contributed by atoms with Crippen LogP contribution >= 0.6 is 0 Å². The van der Waals surface area contributed by atoms with E-state index >= 15 is 0 Å². The smallest absolute Gasteiger partial charge is 0.0665 e. The number of hydrogen-bond donors (Lipinski definition) is 0. The molecule has 5 nitrogen and oxygen atoms in total. The van der Waals surface area contributed by atoms with Gasteiger partial charge in [-0.05, 0) is 56.1 Å². The third-order valence-corrected chi connectivity index (χ3v) is 4.60. The molecule has 1 saturated heterocycles. The highest BCUT2D eigenvalue weighted by Gasteiger charge is 2.20. The lowest BCUT2D eigenvalue weighted by atomic mass is 9.97. The number of fused-ring (bicyclic) bond motifs is 1. The lowest BCUT2D eigenvalue weighted by Crippen LogP contribution is -2.35. The Kier molecular flexibility index (Phi) is 3.64. The SMILES string of the molecule is c1cc(CN2CCC(Cn3cccn3)CC2)n2nccc2c1. The zero-order valence-corrected chi connectivity index (χ0v) is 12.7. The number of piperidine rings is 1. The molecule has 1 fully saturated rings. The van der Waals surface area contributed by atoms with E-state index in [2.05, 4.69) is 54.8 Å². The van der Waals surface area contributed by atoms with Gasteiger partial charge >= 0.3 is 0 Å². The minimum absolute atomic E-state index is 0.747. The Morgan fingerprint density at radius 2 is 1.91 bits per heavy atom. The molecule has 22 heavy (non-hydrogen) atoms. The standard InChI is InChI=1S/C17H21N5/c1-3-16-5-9-19-22(16)17(4-1)14-20-11-6-15(7-12-20)13-21-10-2-8-18-21/h1-5,8-10,15H,6-7,11-14H2. The Morgan fingerprint density at radius 3 is 2.73 bits per heavy atom. The molecule has 0 aliphatic carbocycles. The first-order valence-corrected chi connectivity index (χ1v) is 8.00. The molecule has 1 aliphatic rings. The van der Waals surface area contributed by atoms with Crippen molar-refractivity contribution >= 4 is 5.52 Å². The number of rotatable bonds is 4. The van der Waals surface area contributed by atoms with Crippen LogP contribution in [0.4, 0.5) is 0 Å². The summed E-state index contributed by atoms with van der Waals surface area (Å²) in [5, 5.41) is 8.74.